The van der Waals surface area contributed by atoms with Crippen molar-refractivity contribution in [2.24, 2.45) is 0 Å². The molecule has 3 nitrogen and oxygen atoms in total. The van der Waals surface area contributed by atoms with Gasteiger partial charge in [-0.15, -0.1) is 0 Å². The van der Waals surface area contributed by atoms with Gasteiger partial charge in [-0.05, 0) is 12.1 Å². The zero-order chi connectivity index (χ0) is 10.1. The molecule has 0 radical (unpaired) electrons. The van der Waals surface area contributed by atoms with Crippen LogP contribution in [0.15, 0.2) is 18.2 Å². The number of benzene rings is 1. The van der Waals surface area contributed by atoms with Crippen molar-refractivity contribution in [2.75, 3.05) is 25.1 Å². The third kappa shape index (κ3) is 1.53. The largest absolute Gasteiger partial charge is 0.493 e. The van der Waals surface area contributed by atoms with Gasteiger partial charge in [0.1, 0.15) is 0 Å². The monoisotopic (exact) mass is 213 g/mol. The van der Waals surface area contributed by atoms with Gasteiger partial charge in [-0.25, -0.2) is 0 Å². The average molecular weight is 214 g/mol. The molecule has 2 rings (SSSR count). The number of aliphatic hydroxyl groups is 1. The molecule has 0 spiro atoms. The predicted octanol–water partition coefficient (Wildman–Crippen LogP) is 1.53. The van der Waals surface area contributed by atoms with Crippen LogP contribution in [0.1, 0.15) is 0 Å². The van der Waals surface area contributed by atoms with Crippen molar-refractivity contribution in [3.05, 3.63) is 23.2 Å². The molecule has 1 fully saturated rings. The molecule has 0 saturated carbocycles. The van der Waals surface area contributed by atoms with Crippen molar-refractivity contribution in [3.63, 3.8) is 0 Å². The van der Waals surface area contributed by atoms with Crippen LogP contribution in [0.25, 0.3) is 0 Å². The van der Waals surface area contributed by atoms with Crippen molar-refractivity contribution in [3.8, 4) is 5.75 Å². The van der Waals surface area contributed by atoms with E-state index in [2.05, 4.69) is 0 Å². The molecule has 0 unspecified atom stereocenters. The summed E-state index contributed by atoms with van der Waals surface area (Å²) in [5.74, 6) is 0.682. The number of nitrogens with zero attached hydrogens (tertiary/aromatic N) is 1. The Hall–Kier alpha value is -0.930. The molecule has 0 atom stereocenters. The number of hydrogen-bond acceptors (Lipinski definition) is 3. The van der Waals surface area contributed by atoms with E-state index < -0.39 is 0 Å². The summed E-state index contributed by atoms with van der Waals surface area (Å²) in [5, 5.41) is 9.80. The van der Waals surface area contributed by atoms with Gasteiger partial charge in [0.05, 0.1) is 23.9 Å². The molecule has 1 saturated heterocycles. The SMILES string of the molecule is COc1c(Cl)cccc1N1CC(O)C1. The Balaban J connectivity index is 2.28. The molecule has 1 aliphatic rings. The molecule has 0 aliphatic carbocycles. The van der Waals surface area contributed by atoms with Gasteiger partial charge in [-0.1, -0.05) is 17.7 Å². The molecule has 76 valence electrons. The summed E-state index contributed by atoms with van der Waals surface area (Å²) in [7, 11) is 1.60. The summed E-state index contributed by atoms with van der Waals surface area (Å²) in [6, 6.07) is 5.61. The highest BCUT2D eigenvalue weighted by molar-refractivity contribution is 6.32. The van der Waals surface area contributed by atoms with E-state index in [4.69, 9.17) is 16.3 Å². The summed E-state index contributed by atoms with van der Waals surface area (Å²) in [4.78, 5) is 2.04. The Morgan fingerprint density at radius 1 is 1.50 bits per heavy atom. The first-order chi connectivity index (χ1) is 6.72. The fourth-order valence-corrected chi connectivity index (χ4v) is 1.85. The Bertz CT molecular complexity index is 337. The summed E-state index contributed by atoms with van der Waals surface area (Å²) in [5.41, 5.74) is 0.949. The molecule has 1 aliphatic heterocycles. The van der Waals surface area contributed by atoms with E-state index in [0.717, 1.165) is 5.69 Å². The number of rotatable bonds is 2. The smallest absolute Gasteiger partial charge is 0.160 e. The van der Waals surface area contributed by atoms with Crippen LogP contribution in [0.2, 0.25) is 5.02 Å². The minimum Gasteiger partial charge on any atom is -0.493 e. The maximum Gasteiger partial charge on any atom is 0.160 e. The molecule has 1 N–H and O–H groups in total. The molecule has 0 bridgehead atoms. The minimum absolute atomic E-state index is 0.223. The maximum atomic E-state index is 9.20. The zero-order valence-electron chi connectivity index (χ0n) is 7.90. The maximum absolute atomic E-state index is 9.20. The van der Waals surface area contributed by atoms with Gasteiger partial charge in [0, 0.05) is 13.1 Å². The summed E-state index contributed by atoms with van der Waals surface area (Å²) in [6.07, 6.45) is -0.223. The lowest BCUT2D eigenvalue weighted by molar-refractivity contribution is 0.141. The predicted molar refractivity (Wildman–Crippen MR) is 56.2 cm³/mol. The Morgan fingerprint density at radius 3 is 2.79 bits per heavy atom. The molecular weight excluding hydrogens is 202 g/mol. The second-order valence-corrected chi connectivity index (χ2v) is 3.76. The van der Waals surface area contributed by atoms with Crippen molar-refractivity contribution < 1.29 is 9.84 Å². The van der Waals surface area contributed by atoms with Crippen molar-refractivity contribution in [2.45, 2.75) is 6.10 Å². The standard InChI is InChI=1S/C10H12ClNO2/c1-14-10-8(11)3-2-4-9(10)12-5-7(13)6-12/h2-4,7,13H,5-6H2,1H3. The summed E-state index contributed by atoms with van der Waals surface area (Å²) >= 11 is 5.98. The lowest BCUT2D eigenvalue weighted by Gasteiger charge is -2.38. The van der Waals surface area contributed by atoms with Crippen molar-refractivity contribution in [1.29, 1.82) is 0 Å². The number of β-amino-alcohol motifs (C(OH)–C–C–N with tert-alkyl or cyclic N) is 1. The third-order valence-electron chi connectivity index (χ3n) is 2.35. The van der Waals surface area contributed by atoms with Crippen LogP contribution < -0.4 is 9.64 Å². The number of aliphatic hydroxyl groups excluding tert-OH is 1. The van der Waals surface area contributed by atoms with Crippen LogP contribution >= 0.6 is 11.6 Å². The van der Waals surface area contributed by atoms with Gasteiger partial charge in [0.15, 0.2) is 5.75 Å². The van der Waals surface area contributed by atoms with Crippen molar-refractivity contribution >= 4 is 17.3 Å². The second-order valence-electron chi connectivity index (χ2n) is 3.35. The highest BCUT2D eigenvalue weighted by Gasteiger charge is 2.27. The number of para-hydroxylation sites is 1. The van der Waals surface area contributed by atoms with E-state index in [9.17, 15) is 5.11 Å². The van der Waals surface area contributed by atoms with E-state index in [1.807, 2.05) is 17.0 Å². The minimum atomic E-state index is -0.223. The second kappa shape index (κ2) is 3.67. The highest BCUT2D eigenvalue weighted by atomic mass is 35.5. The lowest BCUT2D eigenvalue weighted by Crippen LogP contribution is -2.50. The first kappa shape index (κ1) is 9.62. The van der Waals surface area contributed by atoms with Gasteiger partial charge < -0.3 is 14.7 Å². The summed E-state index contributed by atoms with van der Waals surface area (Å²) < 4.78 is 5.21. The van der Waals surface area contributed by atoms with E-state index >= 15 is 0 Å². The quantitative estimate of drug-likeness (QED) is 0.809. The van der Waals surface area contributed by atoms with E-state index in [0.29, 0.717) is 23.9 Å². The van der Waals surface area contributed by atoms with Gasteiger partial charge in [-0.3, -0.25) is 0 Å². The molecule has 1 aromatic rings. The number of ether oxygens (including phenoxy) is 1. The van der Waals surface area contributed by atoms with Gasteiger partial charge in [-0.2, -0.15) is 0 Å². The lowest BCUT2D eigenvalue weighted by atomic mass is 10.1. The van der Waals surface area contributed by atoms with Gasteiger partial charge in [0.25, 0.3) is 0 Å². The zero-order valence-corrected chi connectivity index (χ0v) is 8.66. The van der Waals surface area contributed by atoms with E-state index in [1.54, 1.807) is 13.2 Å². The fourth-order valence-electron chi connectivity index (χ4n) is 1.60. The van der Waals surface area contributed by atoms with Crippen LogP contribution in [-0.4, -0.2) is 31.4 Å². The van der Waals surface area contributed by atoms with Crippen LogP contribution in [-0.2, 0) is 0 Å². The van der Waals surface area contributed by atoms with Crippen LogP contribution in [0.3, 0.4) is 0 Å². The topological polar surface area (TPSA) is 32.7 Å². The molecule has 0 aromatic heterocycles. The van der Waals surface area contributed by atoms with Crippen LogP contribution in [0, 0.1) is 0 Å². The first-order valence-corrected chi connectivity index (χ1v) is 4.85. The van der Waals surface area contributed by atoms with Crippen LogP contribution in [0.4, 0.5) is 5.69 Å². The third-order valence-corrected chi connectivity index (χ3v) is 2.65. The number of hydrogen-bond donors (Lipinski definition) is 1. The molecule has 14 heavy (non-hydrogen) atoms. The molecule has 4 heteroatoms. The molecule has 0 amide bonds. The van der Waals surface area contributed by atoms with Gasteiger partial charge >= 0.3 is 0 Å². The Morgan fingerprint density at radius 2 is 2.21 bits per heavy atom. The highest BCUT2D eigenvalue weighted by Crippen LogP contribution is 2.36. The van der Waals surface area contributed by atoms with E-state index in [-0.39, 0.29) is 6.10 Å². The summed E-state index contributed by atoms with van der Waals surface area (Å²) in [6.45, 7) is 1.30. The van der Waals surface area contributed by atoms with E-state index in [1.165, 1.54) is 0 Å². The number of anilines is 1. The number of halogens is 1. The average Bonchev–Trinajstić information content (AvgIpc) is 2.13. The first-order valence-electron chi connectivity index (χ1n) is 4.48. The van der Waals surface area contributed by atoms with Crippen LogP contribution in [0.5, 0.6) is 5.75 Å². The Labute approximate surface area is 87.9 Å². The van der Waals surface area contributed by atoms with Crippen molar-refractivity contribution in [1.82, 2.24) is 0 Å². The molecule has 1 heterocycles. The van der Waals surface area contributed by atoms with Gasteiger partial charge in [0.2, 0.25) is 0 Å². The normalized spacial score (nSPS) is 16.6. The Kier molecular flexibility index (Phi) is 2.52. The molecular formula is C10H12ClNO2. The molecule has 1 aromatic carbocycles. The fraction of sp³-hybridized carbons (Fsp3) is 0.400. The number of methoxy groups -OCH3 is 1.